The van der Waals surface area contributed by atoms with Crippen molar-refractivity contribution in [3.63, 3.8) is 0 Å². The number of carbonyl (C=O) groups is 1. The average molecular weight is 352 g/mol. The number of piperidine rings is 1. The van der Waals surface area contributed by atoms with Crippen LogP contribution in [0.1, 0.15) is 31.2 Å². The molecule has 6 nitrogen and oxygen atoms in total. The predicted octanol–water partition coefficient (Wildman–Crippen LogP) is 3.40. The zero-order valence-electron chi connectivity index (χ0n) is 13.8. The third kappa shape index (κ3) is 3.34. The highest BCUT2D eigenvalue weighted by Gasteiger charge is 2.31. The van der Waals surface area contributed by atoms with Gasteiger partial charge in [-0.05, 0) is 38.2 Å². The Kier molecular flexibility index (Phi) is 4.94. The van der Waals surface area contributed by atoms with Gasteiger partial charge >= 0.3 is 0 Å². The molecule has 7 heteroatoms. The molecule has 2 saturated heterocycles. The molecule has 2 heterocycles. The van der Waals surface area contributed by atoms with Crippen molar-refractivity contribution >= 4 is 28.9 Å². The molecule has 1 amide bonds. The number of nitro groups is 1. The largest absolute Gasteiger partial charge is 0.370 e. The molecule has 0 saturated carbocycles. The van der Waals surface area contributed by atoms with Gasteiger partial charge in [-0.2, -0.15) is 0 Å². The Bertz CT molecular complexity index is 627. The van der Waals surface area contributed by atoms with Crippen molar-refractivity contribution in [3.05, 3.63) is 32.8 Å². The number of carbonyl (C=O) groups excluding carboxylic acids is 1. The van der Waals surface area contributed by atoms with Crippen molar-refractivity contribution in [2.24, 2.45) is 5.92 Å². The van der Waals surface area contributed by atoms with Gasteiger partial charge in [0.25, 0.3) is 5.69 Å². The SMILES string of the molecule is Cc1cc([N+](=O)[O-])cc(Cl)c1N1CCC(C(=O)N2CCCC2)CC1. The Hall–Kier alpha value is -1.82. The van der Waals surface area contributed by atoms with E-state index in [0.717, 1.165) is 63.1 Å². The molecule has 0 spiro atoms. The molecule has 24 heavy (non-hydrogen) atoms. The summed E-state index contributed by atoms with van der Waals surface area (Å²) >= 11 is 6.29. The highest BCUT2D eigenvalue weighted by atomic mass is 35.5. The third-order valence-corrected chi connectivity index (χ3v) is 5.32. The molecule has 3 rings (SSSR count). The molecule has 0 aromatic heterocycles. The number of non-ortho nitro benzene ring substituents is 1. The molecule has 1 aromatic rings. The van der Waals surface area contributed by atoms with Gasteiger partial charge in [-0.15, -0.1) is 0 Å². The normalized spacial score (nSPS) is 18.9. The number of likely N-dealkylation sites (tertiary alicyclic amines) is 1. The zero-order valence-corrected chi connectivity index (χ0v) is 14.6. The van der Waals surface area contributed by atoms with Crippen LogP contribution < -0.4 is 4.90 Å². The molecule has 0 aliphatic carbocycles. The number of aryl methyl sites for hydroxylation is 1. The van der Waals surface area contributed by atoms with Crippen LogP contribution in [0, 0.1) is 23.0 Å². The first-order valence-electron chi connectivity index (χ1n) is 8.45. The summed E-state index contributed by atoms with van der Waals surface area (Å²) in [5.74, 6) is 0.384. The van der Waals surface area contributed by atoms with E-state index in [4.69, 9.17) is 11.6 Å². The van der Waals surface area contributed by atoms with E-state index in [9.17, 15) is 14.9 Å². The van der Waals surface area contributed by atoms with Crippen molar-refractivity contribution < 1.29 is 9.72 Å². The number of halogens is 1. The van der Waals surface area contributed by atoms with Gasteiger partial charge in [0.15, 0.2) is 0 Å². The van der Waals surface area contributed by atoms with E-state index in [1.54, 1.807) is 6.07 Å². The fourth-order valence-electron chi connectivity index (χ4n) is 3.77. The van der Waals surface area contributed by atoms with Crippen molar-refractivity contribution in [3.8, 4) is 0 Å². The van der Waals surface area contributed by atoms with Gasteiger partial charge in [0.2, 0.25) is 5.91 Å². The Balaban J connectivity index is 1.68. The topological polar surface area (TPSA) is 66.7 Å². The number of rotatable bonds is 3. The van der Waals surface area contributed by atoms with Crippen LogP contribution in [0.4, 0.5) is 11.4 Å². The molecule has 2 aliphatic rings. The highest BCUT2D eigenvalue weighted by Crippen LogP contribution is 2.36. The molecule has 130 valence electrons. The third-order valence-electron chi connectivity index (χ3n) is 5.03. The van der Waals surface area contributed by atoms with Crippen LogP contribution in [-0.4, -0.2) is 41.9 Å². The van der Waals surface area contributed by atoms with Crippen molar-refractivity contribution in [1.82, 2.24) is 4.90 Å². The van der Waals surface area contributed by atoms with Gasteiger partial charge in [-0.3, -0.25) is 14.9 Å². The van der Waals surface area contributed by atoms with E-state index in [-0.39, 0.29) is 11.6 Å². The lowest BCUT2D eigenvalue weighted by molar-refractivity contribution is -0.384. The first-order valence-corrected chi connectivity index (χ1v) is 8.83. The number of hydrogen-bond donors (Lipinski definition) is 0. The fraction of sp³-hybridized carbons (Fsp3) is 0.588. The summed E-state index contributed by atoms with van der Waals surface area (Å²) in [4.78, 5) is 27.1. The van der Waals surface area contributed by atoms with Crippen molar-refractivity contribution in [2.45, 2.75) is 32.6 Å². The average Bonchev–Trinajstić information content (AvgIpc) is 3.08. The van der Waals surface area contributed by atoms with Crippen LogP contribution in [0.2, 0.25) is 5.02 Å². The van der Waals surface area contributed by atoms with E-state index in [1.165, 1.54) is 6.07 Å². The van der Waals surface area contributed by atoms with Gasteiger partial charge in [-0.25, -0.2) is 0 Å². The van der Waals surface area contributed by atoms with E-state index >= 15 is 0 Å². The molecular weight excluding hydrogens is 330 g/mol. The number of nitro benzene ring substituents is 1. The predicted molar refractivity (Wildman–Crippen MR) is 93.6 cm³/mol. The van der Waals surface area contributed by atoms with Crippen LogP contribution in [-0.2, 0) is 4.79 Å². The van der Waals surface area contributed by atoms with Crippen LogP contribution in [0.3, 0.4) is 0 Å². The Morgan fingerprint density at radius 2 is 1.83 bits per heavy atom. The molecule has 2 fully saturated rings. The Morgan fingerprint density at radius 3 is 2.38 bits per heavy atom. The summed E-state index contributed by atoms with van der Waals surface area (Å²) in [5.41, 5.74) is 1.67. The highest BCUT2D eigenvalue weighted by molar-refractivity contribution is 6.33. The zero-order chi connectivity index (χ0) is 17.3. The summed E-state index contributed by atoms with van der Waals surface area (Å²) in [6, 6.07) is 2.97. The lowest BCUT2D eigenvalue weighted by Gasteiger charge is -2.35. The fourth-order valence-corrected chi connectivity index (χ4v) is 4.15. The summed E-state index contributed by atoms with van der Waals surface area (Å²) in [7, 11) is 0. The van der Waals surface area contributed by atoms with Crippen molar-refractivity contribution in [2.75, 3.05) is 31.1 Å². The second-order valence-corrected chi connectivity index (χ2v) is 7.05. The van der Waals surface area contributed by atoms with E-state index in [0.29, 0.717) is 10.9 Å². The first kappa shape index (κ1) is 17.0. The molecule has 0 unspecified atom stereocenters. The minimum atomic E-state index is -0.427. The second-order valence-electron chi connectivity index (χ2n) is 6.64. The smallest absolute Gasteiger partial charge is 0.271 e. The quantitative estimate of drug-likeness (QED) is 0.618. The molecule has 0 radical (unpaired) electrons. The van der Waals surface area contributed by atoms with E-state index < -0.39 is 4.92 Å². The van der Waals surface area contributed by atoms with Gasteiger partial charge in [0, 0.05) is 44.2 Å². The first-order chi connectivity index (χ1) is 11.5. The summed E-state index contributed by atoms with van der Waals surface area (Å²) in [6.07, 6.45) is 3.84. The monoisotopic (exact) mass is 351 g/mol. The Morgan fingerprint density at radius 1 is 1.21 bits per heavy atom. The second kappa shape index (κ2) is 6.97. The van der Waals surface area contributed by atoms with Crippen LogP contribution >= 0.6 is 11.6 Å². The van der Waals surface area contributed by atoms with Crippen LogP contribution in [0.5, 0.6) is 0 Å². The minimum absolute atomic E-state index is 0.0142. The van der Waals surface area contributed by atoms with Gasteiger partial charge in [0.1, 0.15) is 0 Å². The summed E-state index contributed by atoms with van der Waals surface area (Å²) in [5, 5.41) is 11.3. The number of benzene rings is 1. The molecule has 0 N–H and O–H groups in total. The maximum atomic E-state index is 12.5. The number of amides is 1. The maximum absolute atomic E-state index is 12.5. The number of hydrogen-bond acceptors (Lipinski definition) is 4. The van der Waals surface area contributed by atoms with E-state index in [2.05, 4.69) is 4.90 Å². The summed E-state index contributed by atoms with van der Waals surface area (Å²) in [6.45, 7) is 5.14. The molecule has 0 bridgehead atoms. The van der Waals surface area contributed by atoms with Crippen LogP contribution in [0.15, 0.2) is 12.1 Å². The van der Waals surface area contributed by atoms with Crippen molar-refractivity contribution in [1.29, 1.82) is 0 Å². The standard InChI is InChI=1S/C17H22ClN3O3/c1-12-10-14(21(23)24)11-15(18)16(12)19-8-4-13(5-9-19)17(22)20-6-2-3-7-20/h10-11,13H,2-9H2,1H3. The number of nitrogens with zero attached hydrogens (tertiary/aromatic N) is 3. The lowest BCUT2D eigenvalue weighted by atomic mass is 9.94. The van der Waals surface area contributed by atoms with Crippen LogP contribution in [0.25, 0.3) is 0 Å². The molecule has 0 atom stereocenters. The lowest BCUT2D eigenvalue weighted by Crippen LogP contribution is -2.42. The van der Waals surface area contributed by atoms with E-state index in [1.807, 2.05) is 11.8 Å². The Labute approximate surface area is 146 Å². The minimum Gasteiger partial charge on any atom is -0.370 e. The van der Waals surface area contributed by atoms with Gasteiger partial charge in [0.05, 0.1) is 15.6 Å². The number of anilines is 1. The molecule has 1 aromatic carbocycles. The molecule has 2 aliphatic heterocycles. The molecular formula is C17H22ClN3O3. The van der Waals surface area contributed by atoms with Gasteiger partial charge in [-0.1, -0.05) is 11.6 Å². The van der Waals surface area contributed by atoms with Gasteiger partial charge < -0.3 is 9.80 Å². The maximum Gasteiger partial charge on any atom is 0.271 e. The summed E-state index contributed by atoms with van der Waals surface area (Å²) < 4.78 is 0.